The summed E-state index contributed by atoms with van der Waals surface area (Å²) in [5.41, 5.74) is 3.04. The van der Waals surface area contributed by atoms with Crippen LogP contribution in [0.15, 0.2) is 77.7 Å². The molecule has 0 aliphatic carbocycles. The molecule has 30 heavy (non-hydrogen) atoms. The Morgan fingerprint density at radius 3 is 2.33 bits per heavy atom. The van der Waals surface area contributed by atoms with Crippen molar-refractivity contribution < 1.29 is 13.2 Å². The second kappa shape index (κ2) is 9.78. The number of carbonyl (C=O) groups is 1. The zero-order chi connectivity index (χ0) is 21.6. The number of hydrogen-bond donors (Lipinski definition) is 2. The van der Waals surface area contributed by atoms with Crippen LogP contribution >= 0.6 is 11.6 Å². The quantitative estimate of drug-likeness (QED) is 0.491. The first-order chi connectivity index (χ1) is 14.3. The smallest absolute Gasteiger partial charge is 0.261 e. The second-order valence-electron chi connectivity index (χ2n) is 6.96. The van der Waals surface area contributed by atoms with E-state index in [1.54, 1.807) is 24.3 Å². The van der Waals surface area contributed by atoms with Crippen LogP contribution in [0.3, 0.4) is 0 Å². The van der Waals surface area contributed by atoms with Gasteiger partial charge in [0.25, 0.3) is 15.9 Å². The summed E-state index contributed by atoms with van der Waals surface area (Å²) in [5, 5.41) is 3.02. The fraction of sp³-hybridized carbons (Fsp3) is 0.174. The minimum Gasteiger partial charge on any atom is -0.352 e. The maximum Gasteiger partial charge on any atom is 0.261 e. The molecular weight excluding hydrogens is 420 g/mol. The summed E-state index contributed by atoms with van der Waals surface area (Å²) in [7, 11) is -3.75. The largest absolute Gasteiger partial charge is 0.352 e. The number of amides is 1. The summed E-state index contributed by atoms with van der Waals surface area (Å²) in [6.07, 6.45) is 1.69. The number of halogens is 1. The van der Waals surface area contributed by atoms with E-state index in [-0.39, 0.29) is 21.5 Å². The van der Waals surface area contributed by atoms with Crippen molar-refractivity contribution in [2.45, 2.75) is 24.7 Å². The Morgan fingerprint density at radius 2 is 1.67 bits per heavy atom. The first kappa shape index (κ1) is 21.9. The van der Waals surface area contributed by atoms with Gasteiger partial charge >= 0.3 is 0 Å². The lowest BCUT2D eigenvalue weighted by Gasteiger charge is -2.11. The van der Waals surface area contributed by atoms with Crippen LogP contribution in [-0.2, 0) is 16.4 Å². The molecule has 0 fully saturated rings. The van der Waals surface area contributed by atoms with Crippen molar-refractivity contribution in [1.29, 1.82) is 0 Å². The lowest BCUT2D eigenvalue weighted by molar-refractivity contribution is 0.0953. The number of carbonyl (C=O) groups excluding carboxylic acids is 1. The molecule has 0 atom stereocenters. The summed E-state index contributed by atoms with van der Waals surface area (Å²) in [4.78, 5) is 12.5. The Bertz CT molecular complexity index is 1110. The number of rotatable bonds is 8. The van der Waals surface area contributed by atoms with Crippen molar-refractivity contribution in [1.82, 2.24) is 5.32 Å². The Morgan fingerprint density at radius 1 is 0.967 bits per heavy atom. The van der Waals surface area contributed by atoms with Gasteiger partial charge in [-0.2, -0.15) is 0 Å². The molecule has 0 unspecified atom stereocenters. The lowest BCUT2D eigenvalue weighted by Crippen LogP contribution is -2.24. The van der Waals surface area contributed by atoms with Gasteiger partial charge in [0.05, 0.1) is 15.6 Å². The van der Waals surface area contributed by atoms with Gasteiger partial charge < -0.3 is 5.32 Å². The minimum atomic E-state index is -3.75. The second-order valence-corrected chi connectivity index (χ2v) is 9.05. The highest BCUT2D eigenvalue weighted by Crippen LogP contribution is 2.26. The highest BCUT2D eigenvalue weighted by Gasteiger charge is 2.16. The molecule has 0 spiro atoms. The van der Waals surface area contributed by atoms with Crippen molar-refractivity contribution >= 4 is 33.2 Å². The molecule has 0 saturated carbocycles. The van der Waals surface area contributed by atoms with E-state index in [0.717, 1.165) is 12.8 Å². The third-order valence-electron chi connectivity index (χ3n) is 4.58. The number of aryl methyl sites for hydroxylation is 2. The molecule has 5 nitrogen and oxygen atoms in total. The lowest BCUT2D eigenvalue weighted by atomic mass is 10.1. The number of nitrogens with one attached hydrogen (secondary N) is 2. The van der Waals surface area contributed by atoms with Gasteiger partial charge in [-0.1, -0.05) is 59.6 Å². The summed E-state index contributed by atoms with van der Waals surface area (Å²) >= 11 is 6.21. The van der Waals surface area contributed by atoms with E-state index < -0.39 is 10.0 Å². The highest BCUT2D eigenvalue weighted by atomic mass is 35.5. The molecule has 156 valence electrons. The molecule has 7 heteroatoms. The SMILES string of the molecule is Cc1ccc(CCCNC(=O)c2ccc(NS(=O)(=O)c3ccccc3)c(Cl)c2)cc1. The first-order valence-electron chi connectivity index (χ1n) is 9.56. The molecule has 0 heterocycles. The number of benzene rings is 3. The average Bonchev–Trinajstić information content (AvgIpc) is 2.74. The maximum atomic E-state index is 12.4. The van der Waals surface area contributed by atoms with Crippen LogP contribution in [0, 0.1) is 6.92 Å². The number of sulfonamides is 1. The van der Waals surface area contributed by atoms with Crippen LogP contribution in [0.4, 0.5) is 5.69 Å². The van der Waals surface area contributed by atoms with Crippen LogP contribution in [0.5, 0.6) is 0 Å². The number of anilines is 1. The van der Waals surface area contributed by atoms with Crippen molar-refractivity contribution in [3.05, 3.63) is 94.5 Å². The normalized spacial score (nSPS) is 11.1. The van der Waals surface area contributed by atoms with Gasteiger partial charge in [0.2, 0.25) is 0 Å². The molecule has 0 aliphatic rings. The van der Waals surface area contributed by atoms with E-state index in [2.05, 4.69) is 34.3 Å². The van der Waals surface area contributed by atoms with E-state index in [9.17, 15) is 13.2 Å². The van der Waals surface area contributed by atoms with E-state index in [1.165, 1.54) is 35.4 Å². The highest BCUT2D eigenvalue weighted by molar-refractivity contribution is 7.92. The predicted octanol–water partition coefficient (Wildman–Crippen LogP) is 4.81. The van der Waals surface area contributed by atoms with Gasteiger partial charge in [0, 0.05) is 12.1 Å². The molecule has 0 radical (unpaired) electrons. The molecular formula is C23H23ClN2O3S. The van der Waals surface area contributed by atoms with Crippen molar-refractivity contribution in [3.63, 3.8) is 0 Å². The first-order valence-corrected chi connectivity index (χ1v) is 11.4. The Kier molecular flexibility index (Phi) is 7.13. The molecule has 0 bridgehead atoms. The van der Waals surface area contributed by atoms with Crippen LogP contribution in [0.2, 0.25) is 5.02 Å². The van der Waals surface area contributed by atoms with Gasteiger partial charge in [-0.25, -0.2) is 8.42 Å². The molecule has 0 aromatic heterocycles. The van der Waals surface area contributed by atoms with Crippen LogP contribution < -0.4 is 10.0 Å². The van der Waals surface area contributed by atoms with Gasteiger partial charge in [-0.15, -0.1) is 0 Å². The zero-order valence-corrected chi connectivity index (χ0v) is 18.1. The topological polar surface area (TPSA) is 75.3 Å². The fourth-order valence-electron chi connectivity index (χ4n) is 2.89. The Hall–Kier alpha value is -2.83. The van der Waals surface area contributed by atoms with Crippen molar-refractivity contribution in [2.75, 3.05) is 11.3 Å². The molecule has 2 N–H and O–H groups in total. The molecule has 3 aromatic carbocycles. The Balaban J connectivity index is 1.56. The molecule has 1 amide bonds. The molecule has 3 rings (SSSR count). The zero-order valence-electron chi connectivity index (χ0n) is 16.6. The van der Waals surface area contributed by atoms with E-state index in [4.69, 9.17) is 11.6 Å². The monoisotopic (exact) mass is 442 g/mol. The summed E-state index contributed by atoms with van der Waals surface area (Å²) in [5.74, 6) is -0.252. The third-order valence-corrected chi connectivity index (χ3v) is 6.27. The molecule has 0 saturated heterocycles. The van der Waals surface area contributed by atoms with Gasteiger partial charge in [0.1, 0.15) is 0 Å². The standard InChI is InChI=1S/C23H23ClN2O3S/c1-17-9-11-18(12-10-17)6-5-15-25-23(27)19-13-14-22(21(24)16-19)26-30(28,29)20-7-3-2-4-8-20/h2-4,7-14,16,26H,5-6,15H2,1H3,(H,25,27). The van der Waals surface area contributed by atoms with Crippen LogP contribution in [0.25, 0.3) is 0 Å². The fourth-order valence-corrected chi connectivity index (χ4v) is 4.28. The summed E-state index contributed by atoms with van der Waals surface area (Å²) in [6.45, 7) is 2.58. The minimum absolute atomic E-state index is 0.136. The van der Waals surface area contributed by atoms with Gasteiger partial charge in [-0.05, 0) is 55.7 Å². The Labute approximate surface area is 182 Å². The number of hydrogen-bond acceptors (Lipinski definition) is 3. The van der Waals surface area contributed by atoms with Crippen LogP contribution in [0.1, 0.15) is 27.9 Å². The van der Waals surface area contributed by atoms with Gasteiger partial charge in [-0.3, -0.25) is 9.52 Å². The predicted molar refractivity (Wildman–Crippen MR) is 121 cm³/mol. The van der Waals surface area contributed by atoms with E-state index in [0.29, 0.717) is 12.1 Å². The average molecular weight is 443 g/mol. The van der Waals surface area contributed by atoms with Gasteiger partial charge in [0.15, 0.2) is 0 Å². The van der Waals surface area contributed by atoms with Crippen molar-refractivity contribution in [3.8, 4) is 0 Å². The summed E-state index contributed by atoms with van der Waals surface area (Å²) < 4.78 is 27.3. The van der Waals surface area contributed by atoms with Crippen LogP contribution in [-0.4, -0.2) is 20.9 Å². The summed E-state index contributed by atoms with van der Waals surface area (Å²) in [6, 6.07) is 20.8. The van der Waals surface area contributed by atoms with E-state index in [1.807, 2.05) is 6.92 Å². The molecule has 0 aliphatic heterocycles. The third kappa shape index (κ3) is 5.84. The van der Waals surface area contributed by atoms with Crippen molar-refractivity contribution in [2.24, 2.45) is 0 Å². The van der Waals surface area contributed by atoms with E-state index >= 15 is 0 Å². The maximum absolute atomic E-state index is 12.4. The molecule has 3 aromatic rings.